The standard InChI is InChI=1S/C29H40O2/c1-6-9-27(30)23-11-8-10-21(18-23)14-17-24-25(19-26(28(24)31)29(3,4)5)22-15-12-20(7-2)13-16-22/h8,10-13,15-16,18,24-27,30H,6-7,9,14,17,19H2,1-5H3/t24-,25-,26?,27?/m1/s1. The van der Waals surface area contributed by atoms with Crippen LogP contribution in [0, 0.1) is 17.3 Å². The largest absolute Gasteiger partial charge is 0.388 e. The van der Waals surface area contributed by atoms with Gasteiger partial charge in [0, 0.05) is 11.8 Å². The van der Waals surface area contributed by atoms with E-state index in [1.807, 2.05) is 12.1 Å². The van der Waals surface area contributed by atoms with Crippen LogP contribution in [0.5, 0.6) is 0 Å². The summed E-state index contributed by atoms with van der Waals surface area (Å²) < 4.78 is 0. The molecule has 0 spiro atoms. The number of hydrogen-bond donors (Lipinski definition) is 1. The van der Waals surface area contributed by atoms with E-state index in [1.54, 1.807) is 0 Å². The lowest BCUT2D eigenvalue weighted by Crippen LogP contribution is -2.26. The first-order chi connectivity index (χ1) is 14.7. The second-order valence-electron chi connectivity index (χ2n) is 10.5. The lowest BCUT2D eigenvalue weighted by molar-refractivity contribution is -0.126. The summed E-state index contributed by atoms with van der Waals surface area (Å²) in [5.41, 5.74) is 4.88. The predicted molar refractivity (Wildman–Crippen MR) is 129 cm³/mol. The van der Waals surface area contributed by atoms with Crippen molar-refractivity contribution in [1.82, 2.24) is 0 Å². The van der Waals surface area contributed by atoms with E-state index in [4.69, 9.17) is 0 Å². The number of carbonyl (C=O) groups is 1. The van der Waals surface area contributed by atoms with E-state index in [0.29, 0.717) is 11.7 Å². The van der Waals surface area contributed by atoms with Gasteiger partial charge in [0.2, 0.25) is 0 Å². The fourth-order valence-corrected chi connectivity index (χ4v) is 5.20. The zero-order valence-corrected chi connectivity index (χ0v) is 20.0. The van der Waals surface area contributed by atoms with Crippen molar-refractivity contribution in [2.75, 3.05) is 0 Å². The Morgan fingerprint density at radius 1 is 1.03 bits per heavy atom. The molecule has 0 amide bonds. The molecule has 31 heavy (non-hydrogen) atoms. The number of Topliss-reactive ketones (excluding diaryl/α,β-unsaturated/α-hetero) is 1. The quantitative estimate of drug-likeness (QED) is 0.497. The summed E-state index contributed by atoms with van der Waals surface area (Å²) in [5.74, 6) is 0.933. The smallest absolute Gasteiger partial charge is 0.140 e. The van der Waals surface area contributed by atoms with E-state index in [2.05, 4.69) is 71.0 Å². The average Bonchev–Trinajstić information content (AvgIpc) is 3.09. The molecule has 168 valence electrons. The Kier molecular flexibility index (Phi) is 7.75. The Morgan fingerprint density at radius 2 is 1.74 bits per heavy atom. The van der Waals surface area contributed by atoms with E-state index >= 15 is 0 Å². The van der Waals surface area contributed by atoms with Crippen LogP contribution in [-0.4, -0.2) is 10.9 Å². The number of aliphatic hydroxyl groups is 1. The minimum Gasteiger partial charge on any atom is -0.388 e. The number of carbonyl (C=O) groups excluding carboxylic acids is 1. The molecule has 2 nitrogen and oxygen atoms in total. The lowest BCUT2D eigenvalue weighted by Gasteiger charge is -2.25. The van der Waals surface area contributed by atoms with Crippen LogP contribution < -0.4 is 0 Å². The van der Waals surface area contributed by atoms with Crippen molar-refractivity contribution in [3.05, 3.63) is 70.8 Å². The Labute approximate surface area is 189 Å². The second kappa shape index (κ2) is 10.1. The van der Waals surface area contributed by atoms with Gasteiger partial charge in [0.25, 0.3) is 0 Å². The third kappa shape index (κ3) is 5.66. The van der Waals surface area contributed by atoms with Gasteiger partial charge in [-0.25, -0.2) is 0 Å². The molecular weight excluding hydrogens is 380 g/mol. The van der Waals surface area contributed by atoms with Gasteiger partial charge in [-0.15, -0.1) is 0 Å². The van der Waals surface area contributed by atoms with Gasteiger partial charge >= 0.3 is 0 Å². The SMILES string of the molecule is CCCC(O)c1cccc(CC[C@H]2C(=O)C(C(C)(C)C)C[C@@H]2c2ccc(CC)cc2)c1. The highest BCUT2D eigenvalue weighted by atomic mass is 16.3. The summed E-state index contributed by atoms with van der Waals surface area (Å²) in [7, 11) is 0. The second-order valence-corrected chi connectivity index (χ2v) is 10.5. The van der Waals surface area contributed by atoms with Gasteiger partial charge in [0.05, 0.1) is 6.10 Å². The molecule has 3 rings (SSSR count). The molecule has 2 aromatic carbocycles. The van der Waals surface area contributed by atoms with Gasteiger partial charge in [-0.05, 0) is 65.7 Å². The van der Waals surface area contributed by atoms with E-state index in [0.717, 1.165) is 44.1 Å². The topological polar surface area (TPSA) is 37.3 Å². The van der Waals surface area contributed by atoms with E-state index in [9.17, 15) is 9.90 Å². The van der Waals surface area contributed by atoms with Crippen molar-refractivity contribution in [2.24, 2.45) is 17.3 Å². The lowest BCUT2D eigenvalue weighted by atomic mass is 9.78. The molecule has 0 bridgehead atoms. The van der Waals surface area contributed by atoms with Crippen LogP contribution in [0.4, 0.5) is 0 Å². The fraction of sp³-hybridized carbons (Fsp3) is 0.552. The van der Waals surface area contributed by atoms with Crippen molar-refractivity contribution in [2.45, 2.75) is 85.2 Å². The van der Waals surface area contributed by atoms with Crippen LogP contribution in [-0.2, 0) is 17.6 Å². The molecule has 1 aliphatic rings. The van der Waals surface area contributed by atoms with Gasteiger partial charge in [-0.3, -0.25) is 4.79 Å². The number of ketones is 1. The molecule has 1 fully saturated rings. The van der Waals surface area contributed by atoms with Crippen LogP contribution in [0.1, 0.15) is 94.6 Å². The molecule has 1 saturated carbocycles. The molecule has 0 radical (unpaired) electrons. The molecular formula is C29H40O2. The van der Waals surface area contributed by atoms with E-state index in [1.165, 1.54) is 16.7 Å². The predicted octanol–water partition coefficient (Wildman–Crippen LogP) is 7.05. The molecule has 0 aliphatic heterocycles. The van der Waals surface area contributed by atoms with Crippen LogP contribution in [0.3, 0.4) is 0 Å². The highest BCUT2D eigenvalue weighted by Gasteiger charge is 2.46. The van der Waals surface area contributed by atoms with E-state index in [-0.39, 0.29) is 17.3 Å². The molecule has 2 aromatic rings. The minimum absolute atomic E-state index is 0.00236. The van der Waals surface area contributed by atoms with Gasteiger partial charge in [-0.1, -0.05) is 89.6 Å². The maximum absolute atomic E-state index is 13.5. The molecule has 4 atom stereocenters. The normalized spacial score (nSPS) is 22.6. The highest BCUT2D eigenvalue weighted by molar-refractivity contribution is 5.87. The monoisotopic (exact) mass is 420 g/mol. The zero-order chi connectivity index (χ0) is 22.6. The number of rotatable bonds is 8. The number of aryl methyl sites for hydroxylation is 2. The Balaban J connectivity index is 1.80. The number of aliphatic hydroxyl groups excluding tert-OH is 1. The summed E-state index contributed by atoms with van der Waals surface area (Å²) in [4.78, 5) is 13.5. The van der Waals surface area contributed by atoms with Crippen molar-refractivity contribution in [1.29, 1.82) is 0 Å². The first-order valence-electron chi connectivity index (χ1n) is 12.1. The van der Waals surface area contributed by atoms with Crippen LogP contribution in [0.15, 0.2) is 48.5 Å². The molecule has 2 heteroatoms. The summed E-state index contributed by atoms with van der Waals surface area (Å²) >= 11 is 0. The molecule has 0 saturated heterocycles. The number of hydrogen-bond acceptors (Lipinski definition) is 2. The summed E-state index contributed by atoms with van der Waals surface area (Å²) in [6.07, 6.45) is 5.10. The fourth-order valence-electron chi connectivity index (χ4n) is 5.20. The maximum atomic E-state index is 13.5. The maximum Gasteiger partial charge on any atom is 0.140 e. The summed E-state index contributed by atoms with van der Waals surface area (Å²) in [6.45, 7) is 10.9. The molecule has 1 aliphatic carbocycles. The van der Waals surface area contributed by atoms with Crippen molar-refractivity contribution >= 4 is 5.78 Å². The molecule has 2 unspecified atom stereocenters. The Morgan fingerprint density at radius 3 is 2.35 bits per heavy atom. The molecule has 0 heterocycles. The zero-order valence-electron chi connectivity index (χ0n) is 20.0. The molecule has 0 aromatic heterocycles. The van der Waals surface area contributed by atoms with E-state index < -0.39 is 6.10 Å². The first-order valence-corrected chi connectivity index (χ1v) is 12.1. The average molecular weight is 421 g/mol. The summed E-state index contributed by atoms with van der Waals surface area (Å²) in [6, 6.07) is 17.3. The van der Waals surface area contributed by atoms with Crippen LogP contribution in [0.25, 0.3) is 0 Å². The number of benzene rings is 2. The Bertz CT molecular complexity index is 859. The third-order valence-corrected chi connectivity index (χ3v) is 7.19. The highest BCUT2D eigenvalue weighted by Crippen LogP contribution is 2.49. The van der Waals surface area contributed by atoms with Gasteiger partial charge in [0.15, 0.2) is 0 Å². The first kappa shape index (κ1) is 23.7. The van der Waals surface area contributed by atoms with Gasteiger partial charge in [-0.2, -0.15) is 0 Å². The van der Waals surface area contributed by atoms with Gasteiger partial charge < -0.3 is 5.11 Å². The third-order valence-electron chi connectivity index (χ3n) is 7.19. The van der Waals surface area contributed by atoms with Gasteiger partial charge in [0.1, 0.15) is 5.78 Å². The molecule has 1 N–H and O–H groups in total. The summed E-state index contributed by atoms with van der Waals surface area (Å²) in [5, 5.41) is 10.4. The van der Waals surface area contributed by atoms with Crippen molar-refractivity contribution in [3.63, 3.8) is 0 Å². The van der Waals surface area contributed by atoms with Crippen LogP contribution in [0.2, 0.25) is 0 Å². The minimum atomic E-state index is -0.395. The van der Waals surface area contributed by atoms with Crippen LogP contribution >= 0.6 is 0 Å². The Hall–Kier alpha value is -1.93. The van der Waals surface area contributed by atoms with Crippen molar-refractivity contribution in [3.8, 4) is 0 Å². The van der Waals surface area contributed by atoms with Crippen molar-refractivity contribution < 1.29 is 9.90 Å².